The summed E-state index contributed by atoms with van der Waals surface area (Å²) >= 11 is 0. The van der Waals surface area contributed by atoms with Gasteiger partial charge in [0.2, 0.25) is 0 Å². The van der Waals surface area contributed by atoms with Gasteiger partial charge in [-0.3, -0.25) is 0 Å². The van der Waals surface area contributed by atoms with Crippen LogP contribution in [0.25, 0.3) is 0 Å². The molecule has 9 heavy (non-hydrogen) atoms. The molecule has 0 rings (SSSR count). The molecule has 0 aromatic carbocycles. The second-order valence-corrected chi connectivity index (χ2v) is 1.48. The maximum absolute atomic E-state index is 8.18. The van der Waals surface area contributed by atoms with Crippen LogP contribution in [0, 0.1) is 11.3 Å². The van der Waals surface area contributed by atoms with E-state index in [1.54, 1.807) is 0 Å². The fourth-order valence-corrected chi connectivity index (χ4v) is 0.471. The van der Waals surface area contributed by atoms with Crippen LogP contribution in [-0.4, -0.2) is 20.0 Å². The van der Waals surface area contributed by atoms with Gasteiger partial charge in [-0.15, -0.1) is 0 Å². The Morgan fingerprint density at radius 3 is 2.67 bits per heavy atom. The van der Waals surface area contributed by atoms with E-state index in [1.165, 1.54) is 7.11 Å². The zero-order chi connectivity index (χ0) is 7.11. The van der Waals surface area contributed by atoms with E-state index in [9.17, 15) is 0 Å². The van der Waals surface area contributed by atoms with Gasteiger partial charge in [0.1, 0.15) is 0 Å². The minimum atomic E-state index is -0.347. The van der Waals surface area contributed by atoms with E-state index in [0.717, 1.165) is 0 Å². The molecular weight excluding hydrogens is 118 g/mol. The van der Waals surface area contributed by atoms with Crippen molar-refractivity contribution in [1.82, 2.24) is 0 Å². The SMILES string of the molecule is CCO[C@H](CC#N)OC. The van der Waals surface area contributed by atoms with Crippen molar-refractivity contribution in [3.05, 3.63) is 0 Å². The zero-order valence-corrected chi connectivity index (χ0v) is 5.76. The smallest absolute Gasteiger partial charge is 0.170 e. The summed E-state index contributed by atoms with van der Waals surface area (Å²) in [4.78, 5) is 0. The van der Waals surface area contributed by atoms with Crippen LogP contribution in [0.4, 0.5) is 0 Å². The highest BCUT2D eigenvalue weighted by molar-refractivity contribution is 4.70. The molecule has 3 heteroatoms. The summed E-state index contributed by atoms with van der Waals surface area (Å²) < 4.78 is 9.77. The Labute approximate surface area is 55.2 Å². The average Bonchev–Trinajstić information content (AvgIpc) is 1.88. The molecule has 0 aliphatic rings. The lowest BCUT2D eigenvalue weighted by Crippen LogP contribution is -2.13. The third-order valence-electron chi connectivity index (χ3n) is 0.873. The first-order valence-electron chi connectivity index (χ1n) is 2.86. The Kier molecular flexibility index (Phi) is 5.18. The summed E-state index contributed by atoms with van der Waals surface area (Å²) in [5.74, 6) is 0. The standard InChI is InChI=1S/C6H11NO2/c1-3-9-6(8-2)4-5-7/h6H,3-4H2,1-2H3/t6-/m1/s1. The summed E-state index contributed by atoms with van der Waals surface area (Å²) in [6.45, 7) is 2.45. The molecule has 52 valence electrons. The lowest BCUT2D eigenvalue weighted by Gasteiger charge is -2.09. The lowest BCUT2D eigenvalue weighted by atomic mass is 10.4. The summed E-state index contributed by atoms with van der Waals surface area (Å²) in [5.41, 5.74) is 0. The highest BCUT2D eigenvalue weighted by Crippen LogP contribution is 1.96. The predicted octanol–water partition coefficient (Wildman–Crippen LogP) is 0.909. The van der Waals surface area contributed by atoms with Crippen LogP contribution >= 0.6 is 0 Å². The molecule has 0 aromatic rings. The van der Waals surface area contributed by atoms with Crippen LogP contribution in [0.3, 0.4) is 0 Å². The van der Waals surface area contributed by atoms with Crippen molar-refractivity contribution in [3.63, 3.8) is 0 Å². The second kappa shape index (κ2) is 5.54. The molecular formula is C6H11NO2. The summed E-state index contributed by atoms with van der Waals surface area (Å²) in [5, 5.41) is 8.18. The van der Waals surface area contributed by atoms with Crippen LogP contribution in [0.1, 0.15) is 13.3 Å². The predicted molar refractivity (Wildman–Crippen MR) is 32.7 cm³/mol. The van der Waals surface area contributed by atoms with Crippen LogP contribution in [0.5, 0.6) is 0 Å². The second-order valence-electron chi connectivity index (χ2n) is 1.48. The molecule has 0 amide bonds. The third-order valence-corrected chi connectivity index (χ3v) is 0.873. The van der Waals surface area contributed by atoms with E-state index in [-0.39, 0.29) is 6.29 Å². The van der Waals surface area contributed by atoms with Crippen LogP contribution in [0.15, 0.2) is 0 Å². The van der Waals surface area contributed by atoms with Crippen LogP contribution < -0.4 is 0 Å². The number of methoxy groups -OCH3 is 1. The Balaban J connectivity index is 3.32. The Bertz CT molecular complexity index is 97.7. The molecule has 0 fully saturated rings. The number of nitrogens with zero attached hydrogens (tertiary/aromatic N) is 1. The van der Waals surface area contributed by atoms with E-state index in [4.69, 9.17) is 14.7 Å². The monoisotopic (exact) mass is 129 g/mol. The van der Waals surface area contributed by atoms with Gasteiger partial charge < -0.3 is 9.47 Å². The molecule has 0 aromatic heterocycles. The van der Waals surface area contributed by atoms with Gasteiger partial charge >= 0.3 is 0 Å². The number of rotatable bonds is 4. The summed E-state index contributed by atoms with van der Waals surface area (Å²) in [6, 6.07) is 1.95. The van der Waals surface area contributed by atoms with Gasteiger partial charge in [0.05, 0.1) is 12.5 Å². The highest BCUT2D eigenvalue weighted by Gasteiger charge is 2.02. The van der Waals surface area contributed by atoms with Crippen LogP contribution in [0.2, 0.25) is 0 Å². The van der Waals surface area contributed by atoms with E-state index in [2.05, 4.69) is 0 Å². The topological polar surface area (TPSA) is 42.2 Å². The minimum Gasteiger partial charge on any atom is -0.355 e. The first-order valence-corrected chi connectivity index (χ1v) is 2.86. The molecule has 0 saturated carbocycles. The molecule has 0 N–H and O–H groups in total. The Morgan fingerprint density at radius 1 is 1.67 bits per heavy atom. The van der Waals surface area contributed by atoms with Crippen molar-refractivity contribution in [1.29, 1.82) is 5.26 Å². The largest absolute Gasteiger partial charge is 0.355 e. The van der Waals surface area contributed by atoms with Gasteiger partial charge in [-0.25, -0.2) is 0 Å². The van der Waals surface area contributed by atoms with Gasteiger partial charge in [-0.2, -0.15) is 5.26 Å². The number of nitriles is 1. The van der Waals surface area contributed by atoms with Gasteiger partial charge in [-0.05, 0) is 6.92 Å². The lowest BCUT2D eigenvalue weighted by molar-refractivity contribution is -0.115. The molecule has 1 atom stereocenters. The zero-order valence-electron chi connectivity index (χ0n) is 5.76. The van der Waals surface area contributed by atoms with E-state index >= 15 is 0 Å². The molecule has 0 heterocycles. The Hall–Kier alpha value is -0.590. The van der Waals surface area contributed by atoms with Crippen molar-refractivity contribution in [2.45, 2.75) is 19.6 Å². The van der Waals surface area contributed by atoms with E-state index in [0.29, 0.717) is 13.0 Å². The molecule has 0 saturated heterocycles. The van der Waals surface area contributed by atoms with Crippen molar-refractivity contribution in [2.24, 2.45) is 0 Å². The summed E-state index contributed by atoms with van der Waals surface area (Å²) in [6.07, 6.45) is -0.0513. The highest BCUT2D eigenvalue weighted by atomic mass is 16.7. The van der Waals surface area contributed by atoms with Crippen molar-refractivity contribution in [2.75, 3.05) is 13.7 Å². The number of hydrogen-bond acceptors (Lipinski definition) is 3. The third kappa shape index (κ3) is 3.95. The first kappa shape index (κ1) is 8.41. The molecule has 0 aliphatic heterocycles. The van der Waals surface area contributed by atoms with Gasteiger partial charge in [0, 0.05) is 13.7 Å². The minimum absolute atomic E-state index is 0.296. The number of hydrogen-bond donors (Lipinski definition) is 0. The molecule has 0 aliphatic carbocycles. The maximum atomic E-state index is 8.18. The van der Waals surface area contributed by atoms with Crippen molar-refractivity contribution < 1.29 is 9.47 Å². The van der Waals surface area contributed by atoms with Gasteiger partial charge in [-0.1, -0.05) is 0 Å². The van der Waals surface area contributed by atoms with E-state index in [1.807, 2.05) is 13.0 Å². The van der Waals surface area contributed by atoms with E-state index < -0.39 is 0 Å². The molecule has 3 nitrogen and oxygen atoms in total. The fraction of sp³-hybridized carbons (Fsp3) is 0.833. The molecule has 0 radical (unpaired) electrons. The van der Waals surface area contributed by atoms with Crippen molar-refractivity contribution >= 4 is 0 Å². The average molecular weight is 129 g/mol. The molecule has 0 bridgehead atoms. The molecule has 0 unspecified atom stereocenters. The van der Waals surface area contributed by atoms with Crippen LogP contribution in [-0.2, 0) is 9.47 Å². The van der Waals surface area contributed by atoms with Crippen molar-refractivity contribution in [3.8, 4) is 6.07 Å². The van der Waals surface area contributed by atoms with Gasteiger partial charge in [0.15, 0.2) is 6.29 Å². The Morgan fingerprint density at radius 2 is 2.33 bits per heavy atom. The first-order chi connectivity index (χ1) is 4.35. The quantitative estimate of drug-likeness (QED) is 0.530. The van der Waals surface area contributed by atoms with Gasteiger partial charge in [0.25, 0.3) is 0 Å². The maximum Gasteiger partial charge on any atom is 0.170 e. The summed E-state index contributed by atoms with van der Waals surface area (Å²) in [7, 11) is 1.53. The fourth-order valence-electron chi connectivity index (χ4n) is 0.471. The number of ether oxygens (including phenoxy) is 2. The normalized spacial score (nSPS) is 12.6. The molecule has 0 spiro atoms.